The van der Waals surface area contributed by atoms with Gasteiger partial charge in [0.2, 0.25) is 5.91 Å². The summed E-state index contributed by atoms with van der Waals surface area (Å²) in [6.45, 7) is 7.54. The molecule has 0 bridgehead atoms. The number of morpholine rings is 1. The van der Waals surface area contributed by atoms with Gasteiger partial charge in [-0.05, 0) is 32.3 Å². The average molecular weight is 429 g/mol. The van der Waals surface area contributed by atoms with Crippen LogP contribution >= 0.6 is 0 Å². The molecule has 4 rings (SSSR count). The quantitative estimate of drug-likeness (QED) is 0.715. The van der Waals surface area contributed by atoms with Crippen molar-refractivity contribution in [2.45, 2.75) is 38.3 Å². The zero-order chi connectivity index (χ0) is 22.0. The summed E-state index contributed by atoms with van der Waals surface area (Å²) in [6.07, 6.45) is 6.54. The van der Waals surface area contributed by atoms with Gasteiger partial charge in [0.05, 0.1) is 37.6 Å². The minimum atomic E-state index is -0.208. The summed E-state index contributed by atoms with van der Waals surface area (Å²) in [7, 11) is 1.61. The maximum Gasteiger partial charge on any atom is 0.255 e. The summed E-state index contributed by atoms with van der Waals surface area (Å²) >= 11 is 0. The second-order valence-electron chi connectivity index (χ2n) is 8.58. The summed E-state index contributed by atoms with van der Waals surface area (Å²) in [4.78, 5) is 34.3. The lowest BCUT2D eigenvalue weighted by Gasteiger charge is -2.40. The van der Waals surface area contributed by atoms with Crippen molar-refractivity contribution in [2.75, 3.05) is 46.5 Å². The molecule has 31 heavy (non-hydrogen) atoms. The molecule has 4 heterocycles. The molecule has 4 unspecified atom stereocenters. The third-order valence-corrected chi connectivity index (χ3v) is 6.59. The van der Waals surface area contributed by atoms with Crippen molar-refractivity contribution in [3.8, 4) is 5.75 Å². The van der Waals surface area contributed by atoms with Gasteiger partial charge < -0.3 is 24.6 Å². The SMILES string of the molecule is C/C=C/CN1CC(c2ncc(C(=O)N3CCOCC3)cc2OC)C2CC(C)NC2C1=O. The van der Waals surface area contributed by atoms with Crippen LogP contribution in [0.2, 0.25) is 0 Å². The Labute approximate surface area is 183 Å². The number of aromatic nitrogens is 1. The molecule has 0 saturated carbocycles. The molecular weight excluding hydrogens is 396 g/mol. The van der Waals surface area contributed by atoms with Gasteiger partial charge in [-0.15, -0.1) is 0 Å². The number of piperidine rings is 1. The molecular formula is C23H32N4O4. The first-order valence-electron chi connectivity index (χ1n) is 11.1. The van der Waals surface area contributed by atoms with Crippen LogP contribution in [0.25, 0.3) is 0 Å². The van der Waals surface area contributed by atoms with E-state index in [1.807, 2.05) is 24.0 Å². The number of nitrogens with zero attached hydrogens (tertiary/aromatic N) is 3. The maximum atomic E-state index is 13.0. The van der Waals surface area contributed by atoms with Crippen molar-refractivity contribution < 1.29 is 19.1 Å². The molecule has 1 aromatic rings. The van der Waals surface area contributed by atoms with E-state index in [4.69, 9.17) is 14.5 Å². The van der Waals surface area contributed by atoms with Crippen LogP contribution in [-0.4, -0.2) is 85.2 Å². The predicted octanol–water partition coefficient (Wildman–Crippen LogP) is 1.43. The van der Waals surface area contributed by atoms with Crippen LogP contribution in [0.4, 0.5) is 0 Å². The number of ether oxygens (including phenoxy) is 2. The van der Waals surface area contributed by atoms with E-state index in [9.17, 15) is 9.59 Å². The fourth-order valence-electron chi connectivity index (χ4n) is 5.00. The molecule has 3 aliphatic rings. The largest absolute Gasteiger partial charge is 0.495 e. The number of amides is 2. The van der Waals surface area contributed by atoms with E-state index in [1.165, 1.54) is 0 Å². The fraction of sp³-hybridized carbons (Fsp3) is 0.609. The van der Waals surface area contributed by atoms with E-state index in [2.05, 4.69) is 12.2 Å². The summed E-state index contributed by atoms with van der Waals surface area (Å²) in [5, 5.41) is 3.47. The molecule has 1 N–H and O–H groups in total. The lowest BCUT2D eigenvalue weighted by Crippen LogP contribution is -2.55. The monoisotopic (exact) mass is 428 g/mol. The summed E-state index contributed by atoms with van der Waals surface area (Å²) in [6, 6.07) is 1.87. The van der Waals surface area contributed by atoms with E-state index in [-0.39, 0.29) is 35.7 Å². The highest BCUT2D eigenvalue weighted by Gasteiger charge is 2.48. The van der Waals surface area contributed by atoms with Crippen molar-refractivity contribution in [2.24, 2.45) is 5.92 Å². The van der Waals surface area contributed by atoms with E-state index in [1.54, 1.807) is 24.3 Å². The molecule has 1 aromatic heterocycles. The number of carbonyl (C=O) groups excluding carboxylic acids is 2. The summed E-state index contributed by atoms with van der Waals surface area (Å²) < 4.78 is 11.0. The highest BCUT2D eigenvalue weighted by Crippen LogP contribution is 2.42. The molecule has 3 fully saturated rings. The molecule has 8 nitrogen and oxygen atoms in total. The number of hydrogen-bond donors (Lipinski definition) is 1. The van der Waals surface area contributed by atoms with Crippen molar-refractivity contribution in [1.82, 2.24) is 20.1 Å². The van der Waals surface area contributed by atoms with Gasteiger partial charge in [-0.1, -0.05) is 12.2 Å². The minimum Gasteiger partial charge on any atom is -0.495 e. The van der Waals surface area contributed by atoms with Crippen molar-refractivity contribution >= 4 is 11.8 Å². The molecule has 0 aliphatic carbocycles. The Balaban J connectivity index is 1.63. The topological polar surface area (TPSA) is 84.0 Å². The Morgan fingerprint density at radius 3 is 2.87 bits per heavy atom. The molecule has 0 aromatic carbocycles. The number of nitrogens with one attached hydrogen (secondary N) is 1. The molecule has 4 atom stereocenters. The third kappa shape index (κ3) is 4.32. The molecule has 8 heteroatoms. The van der Waals surface area contributed by atoms with Crippen molar-refractivity contribution in [3.05, 3.63) is 35.7 Å². The van der Waals surface area contributed by atoms with Gasteiger partial charge >= 0.3 is 0 Å². The zero-order valence-electron chi connectivity index (χ0n) is 18.5. The second kappa shape index (κ2) is 9.36. The first-order chi connectivity index (χ1) is 15.0. The summed E-state index contributed by atoms with van der Waals surface area (Å²) in [5.41, 5.74) is 1.35. The number of carbonyl (C=O) groups is 2. The number of fused-ring (bicyclic) bond motifs is 1. The van der Waals surface area contributed by atoms with Gasteiger partial charge in [-0.2, -0.15) is 0 Å². The Kier molecular flexibility index (Phi) is 6.57. The van der Waals surface area contributed by atoms with Gasteiger partial charge in [-0.25, -0.2) is 0 Å². The van der Waals surface area contributed by atoms with E-state index >= 15 is 0 Å². The van der Waals surface area contributed by atoms with Crippen molar-refractivity contribution in [3.63, 3.8) is 0 Å². The van der Waals surface area contributed by atoms with Crippen LogP contribution in [0.3, 0.4) is 0 Å². The number of rotatable bonds is 5. The summed E-state index contributed by atoms with van der Waals surface area (Å²) in [5.74, 6) is 0.923. The Morgan fingerprint density at radius 2 is 2.16 bits per heavy atom. The first-order valence-corrected chi connectivity index (χ1v) is 11.1. The number of hydrogen-bond acceptors (Lipinski definition) is 6. The van der Waals surface area contributed by atoms with Gasteiger partial charge in [0.15, 0.2) is 0 Å². The normalized spacial score (nSPS) is 28.8. The highest BCUT2D eigenvalue weighted by atomic mass is 16.5. The number of allylic oxidation sites excluding steroid dienone is 1. The van der Waals surface area contributed by atoms with E-state index in [0.29, 0.717) is 50.7 Å². The van der Waals surface area contributed by atoms with Gasteiger partial charge in [0.25, 0.3) is 5.91 Å². The lowest BCUT2D eigenvalue weighted by molar-refractivity contribution is -0.137. The van der Waals surface area contributed by atoms with Crippen LogP contribution in [0, 0.1) is 5.92 Å². The molecule has 3 saturated heterocycles. The van der Waals surface area contributed by atoms with Crippen LogP contribution in [0.15, 0.2) is 24.4 Å². The van der Waals surface area contributed by atoms with Crippen LogP contribution in [0.1, 0.15) is 42.2 Å². The molecule has 168 valence electrons. The smallest absolute Gasteiger partial charge is 0.255 e. The zero-order valence-corrected chi connectivity index (χ0v) is 18.5. The highest BCUT2D eigenvalue weighted by molar-refractivity contribution is 5.94. The number of methoxy groups -OCH3 is 1. The molecule has 0 spiro atoms. The Bertz CT molecular complexity index is 852. The van der Waals surface area contributed by atoms with Crippen molar-refractivity contribution in [1.29, 1.82) is 0 Å². The van der Waals surface area contributed by atoms with Crippen LogP contribution in [-0.2, 0) is 9.53 Å². The molecule has 0 radical (unpaired) electrons. The minimum absolute atomic E-state index is 0.0490. The lowest BCUT2D eigenvalue weighted by atomic mass is 9.78. The van der Waals surface area contributed by atoms with Crippen LogP contribution < -0.4 is 10.1 Å². The standard InChI is InChI=1S/C23H32N4O4/c1-4-5-6-27-14-18(17-11-15(2)25-21(17)23(27)29)20-19(30-3)12-16(13-24-20)22(28)26-7-9-31-10-8-26/h4-5,12-13,15,17-18,21,25H,6-11,14H2,1-3H3/b5-4+. The Hall–Kier alpha value is -2.45. The second-order valence-corrected chi connectivity index (χ2v) is 8.58. The Morgan fingerprint density at radius 1 is 1.39 bits per heavy atom. The average Bonchev–Trinajstić information content (AvgIpc) is 3.20. The maximum absolute atomic E-state index is 13.0. The first kappa shape index (κ1) is 21.8. The molecule has 2 amide bonds. The number of likely N-dealkylation sites (tertiary alicyclic amines) is 1. The number of pyridine rings is 1. The van der Waals surface area contributed by atoms with Gasteiger partial charge in [-0.3, -0.25) is 14.6 Å². The fourth-order valence-corrected chi connectivity index (χ4v) is 5.00. The predicted molar refractivity (Wildman–Crippen MR) is 116 cm³/mol. The van der Waals surface area contributed by atoms with Crippen LogP contribution in [0.5, 0.6) is 5.75 Å². The van der Waals surface area contributed by atoms with E-state index < -0.39 is 0 Å². The molecule has 3 aliphatic heterocycles. The van der Waals surface area contributed by atoms with Gasteiger partial charge in [0, 0.05) is 44.3 Å². The third-order valence-electron chi connectivity index (χ3n) is 6.59. The van der Waals surface area contributed by atoms with Gasteiger partial charge in [0.1, 0.15) is 5.75 Å². The van der Waals surface area contributed by atoms with E-state index in [0.717, 1.165) is 12.1 Å².